The molecule has 1 N–H and O–H groups in total. The Hall–Kier alpha value is -3.88. The summed E-state index contributed by atoms with van der Waals surface area (Å²) in [6, 6.07) is 12.4. The van der Waals surface area contributed by atoms with Crippen LogP contribution < -0.4 is 14.8 Å². The molecule has 1 saturated heterocycles. The van der Waals surface area contributed by atoms with Gasteiger partial charge < -0.3 is 19.3 Å². The minimum absolute atomic E-state index is 0.0159. The van der Waals surface area contributed by atoms with Crippen LogP contribution in [0.5, 0.6) is 11.5 Å². The second-order valence-electron chi connectivity index (χ2n) is 9.36. The molecular weight excluding hydrogens is 436 g/mol. The maximum Gasteiger partial charge on any atom is 0.325 e. The number of carbonyl (C=O) groups excluding carboxylic acids is 2. The van der Waals surface area contributed by atoms with E-state index in [0.29, 0.717) is 28.5 Å². The number of ether oxygens (including phenoxy) is 2. The zero-order valence-corrected chi connectivity index (χ0v) is 20.1. The van der Waals surface area contributed by atoms with Gasteiger partial charge in [-0.2, -0.15) is 4.98 Å². The first-order valence-electron chi connectivity index (χ1n) is 10.9. The van der Waals surface area contributed by atoms with Crippen LogP contribution in [0.1, 0.15) is 44.7 Å². The molecule has 0 spiro atoms. The molecule has 0 saturated carbocycles. The number of urea groups is 1. The SMILES string of the molecule is COc1ccc(-c2noc(CN3C(=O)NC(C)(c4ccc(C(C)(C)C)cc4)C3=O)n2)cc1OC. The van der Waals surface area contributed by atoms with Gasteiger partial charge in [0.1, 0.15) is 12.1 Å². The third kappa shape index (κ3) is 4.09. The van der Waals surface area contributed by atoms with Gasteiger partial charge >= 0.3 is 6.03 Å². The third-order valence-electron chi connectivity index (χ3n) is 6.01. The molecule has 34 heavy (non-hydrogen) atoms. The number of nitrogens with one attached hydrogen (secondary N) is 1. The molecule has 0 aliphatic carbocycles. The minimum Gasteiger partial charge on any atom is -0.493 e. The first-order chi connectivity index (χ1) is 16.1. The Kier molecular flexibility index (Phi) is 5.80. The van der Waals surface area contributed by atoms with Crippen LogP contribution in [0.2, 0.25) is 0 Å². The average molecular weight is 465 g/mol. The summed E-state index contributed by atoms with van der Waals surface area (Å²) in [4.78, 5) is 31.4. The largest absolute Gasteiger partial charge is 0.493 e. The molecule has 4 rings (SSSR count). The number of hydrogen-bond donors (Lipinski definition) is 1. The Morgan fingerprint density at radius 1 is 1.03 bits per heavy atom. The van der Waals surface area contributed by atoms with E-state index in [1.54, 1.807) is 32.2 Å². The molecule has 1 atom stereocenters. The third-order valence-corrected chi connectivity index (χ3v) is 6.01. The predicted octanol–water partition coefficient (Wildman–Crippen LogP) is 4.02. The van der Waals surface area contributed by atoms with E-state index in [9.17, 15) is 9.59 Å². The number of hydrogen-bond acceptors (Lipinski definition) is 7. The molecule has 3 aromatic rings. The number of aromatic nitrogens is 2. The zero-order chi connectivity index (χ0) is 24.7. The van der Waals surface area contributed by atoms with Crippen molar-refractivity contribution >= 4 is 11.9 Å². The van der Waals surface area contributed by atoms with Crippen molar-refractivity contribution in [2.75, 3.05) is 14.2 Å². The monoisotopic (exact) mass is 464 g/mol. The molecule has 2 aromatic carbocycles. The van der Waals surface area contributed by atoms with Crippen molar-refractivity contribution in [3.05, 3.63) is 59.5 Å². The van der Waals surface area contributed by atoms with Gasteiger partial charge in [0.05, 0.1) is 14.2 Å². The number of carbonyl (C=O) groups is 2. The summed E-state index contributed by atoms with van der Waals surface area (Å²) in [6.07, 6.45) is 0. The van der Waals surface area contributed by atoms with Gasteiger partial charge in [0, 0.05) is 5.56 Å². The van der Waals surface area contributed by atoms with Gasteiger partial charge in [0.15, 0.2) is 11.5 Å². The molecule has 1 fully saturated rings. The second kappa shape index (κ2) is 8.48. The minimum atomic E-state index is -1.18. The number of benzene rings is 2. The molecule has 9 nitrogen and oxygen atoms in total. The van der Waals surface area contributed by atoms with Crippen molar-refractivity contribution in [1.82, 2.24) is 20.4 Å². The van der Waals surface area contributed by atoms with Gasteiger partial charge in [-0.05, 0) is 41.7 Å². The van der Waals surface area contributed by atoms with E-state index in [2.05, 4.69) is 36.2 Å². The number of imide groups is 1. The van der Waals surface area contributed by atoms with E-state index in [1.165, 1.54) is 7.11 Å². The molecule has 9 heteroatoms. The molecule has 2 heterocycles. The van der Waals surface area contributed by atoms with Gasteiger partial charge in [-0.1, -0.05) is 50.2 Å². The molecule has 0 bridgehead atoms. The van der Waals surface area contributed by atoms with Crippen LogP contribution in [-0.2, 0) is 22.3 Å². The highest BCUT2D eigenvalue weighted by atomic mass is 16.5. The number of rotatable bonds is 6. The summed E-state index contributed by atoms with van der Waals surface area (Å²) in [5.41, 5.74) is 1.30. The average Bonchev–Trinajstić information content (AvgIpc) is 3.37. The van der Waals surface area contributed by atoms with Crippen LogP contribution in [0.4, 0.5) is 4.79 Å². The maximum absolute atomic E-state index is 13.3. The van der Waals surface area contributed by atoms with Crippen LogP contribution in [0.3, 0.4) is 0 Å². The molecule has 1 aliphatic heterocycles. The number of methoxy groups -OCH3 is 2. The van der Waals surface area contributed by atoms with Crippen molar-refractivity contribution in [2.45, 2.75) is 45.2 Å². The Morgan fingerprint density at radius 2 is 1.71 bits per heavy atom. The fraction of sp³-hybridized carbons (Fsp3) is 0.360. The lowest BCUT2D eigenvalue weighted by molar-refractivity contribution is -0.131. The lowest BCUT2D eigenvalue weighted by Gasteiger charge is -2.24. The smallest absolute Gasteiger partial charge is 0.325 e. The molecular formula is C25H28N4O5. The van der Waals surface area contributed by atoms with E-state index >= 15 is 0 Å². The Labute approximate surface area is 198 Å². The van der Waals surface area contributed by atoms with Crippen LogP contribution in [0, 0.1) is 0 Å². The van der Waals surface area contributed by atoms with Gasteiger partial charge in [-0.15, -0.1) is 0 Å². The van der Waals surface area contributed by atoms with Crippen molar-refractivity contribution in [3.63, 3.8) is 0 Å². The first-order valence-corrected chi connectivity index (χ1v) is 10.9. The highest BCUT2D eigenvalue weighted by Gasteiger charge is 2.49. The summed E-state index contributed by atoms with van der Waals surface area (Å²) in [7, 11) is 3.09. The number of amides is 3. The zero-order valence-electron chi connectivity index (χ0n) is 20.1. The van der Waals surface area contributed by atoms with E-state index in [-0.39, 0.29) is 23.8 Å². The van der Waals surface area contributed by atoms with Gasteiger partial charge in [0.2, 0.25) is 11.7 Å². The summed E-state index contributed by atoms with van der Waals surface area (Å²) >= 11 is 0. The van der Waals surface area contributed by atoms with Crippen molar-refractivity contribution in [2.24, 2.45) is 0 Å². The Bertz CT molecular complexity index is 1230. The van der Waals surface area contributed by atoms with Gasteiger partial charge in [0.25, 0.3) is 5.91 Å². The summed E-state index contributed by atoms with van der Waals surface area (Å²) in [6.45, 7) is 7.92. The molecule has 1 unspecified atom stereocenters. The highest BCUT2D eigenvalue weighted by molar-refractivity contribution is 6.07. The summed E-state index contributed by atoms with van der Waals surface area (Å²) in [5.74, 6) is 1.16. The van der Waals surface area contributed by atoms with E-state index in [1.807, 2.05) is 24.3 Å². The molecule has 178 valence electrons. The molecule has 0 radical (unpaired) electrons. The molecule has 1 aromatic heterocycles. The van der Waals surface area contributed by atoms with Crippen LogP contribution in [-0.4, -0.2) is 41.2 Å². The second-order valence-corrected chi connectivity index (χ2v) is 9.36. The van der Waals surface area contributed by atoms with Crippen LogP contribution in [0.25, 0.3) is 11.4 Å². The van der Waals surface area contributed by atoms with E-state index in [0.717, 1.165) is 10.5 Å². The fourth-order valence-corrected chi connectivity index (χ4v) is 3.89. The first kappa shape index (κ1) is 23.3. The van der Waals surface area contributed by atoms with Crippen molar-refractivity contribution in [1.29, 1.82) is 0 Å². The normalized spacial score (nSPS) is 18.2. The summed E-state index contributed by atoms with van der Waals surface area (Å²) in [5, 5.41) is 6.79. The van der Waals surface area contributed by atoms with E-state index in [4.69, 9.17) is 14.0 Å². The van der Waals surface area contributed by atoms with Crippen LogP contribution >= 0.6 is 0 Å². The highest BCUT2D eigenvalue weighted by Crippen LogP contribution is 2.33. The predicted molar refractivity (Wildman–Crippen MR) is 124 cm³/mol. The molecule has 1 aliphatic rings. The lowest BCUT2D eigenvalue weighted by atomic mass is 9.84. The fourth-order valence-electron chi connectivity index (χ4n) is 3.89. The van der Waals surface area contributed by atoms with Crippen molar-refractivity contribution in [3.8, 4) is 22.9 Å². The Balaban J connectivity index is 1.54. The van der Waals surface area contributed by atoms with E-state index < -0.39 is 11.6 Å². The van der Waals surface area contributed by atoms with Gasteiger partial charge in [-0.3, -0.25) is 9.69 Å². The quantitative estimate of drug-likeness (QED) is 0.549. The lowest BCUT2D eigenvalue weighted by Crippen LogP contribution is -2.40. The Morgan fingerprint density at radius 3 is 2.32 bits per heavy atom. The standard InChI is InChI=1S/C25H28N4O5/c1-24(2,3)16-8-10-17(11-9-16)25(4)22(30)29(23(31)27-25)14-20-26-21(28-34-20)15-7-12-18(32-5)19(13-15)33-6/h7-13H,14H2,1-6H3,(H,27,31). The topological polar surface area (TPSA) is 107 Å². The van der Waals surface area contributed by atoms with Crippen LogP contribution in [0.15, 0.2) is 47.0 Å². The number of nitrogens with zero attached hydrogens (tertiary/aromatic N) is 3. The maximum atomic E-state index is 13.3. The van der Waals surface area contributed by atoms with Gasteiger partial charge in [-0.25, -0.2) is 4.79 Å². The summed E-state index contributed by atoms with van der Waals surface area (Å²) < 4.78 is 15.9. The molecule has 3 amide bonds. The van der Waals surface area contributed by atoms with Crippen molar-refractivity contribution < 1.29 is 23.6 Å².